The Morgan fingerprint density at radius 3 is 2.60 bits per heavy atom. The second kappa shape index (κ2) is 8.79. The zero-order valence-electron chi connectivity index (χ0n) is 13.6. The molecule has 1 unspecified atom stereocenters. The number of allylic oxidation sites excluding steroid dienone is 2. The van der Waals surface area contributed by atoms with Gasteiger partial charge >= 0.3 is 0 Å². The number of halogens is 2. The van der Waals surface area contributed by atoms with Gasteiger partial charge in [0.15, 0.2) is 0 Å². The zero-order valence-corrected chi connectivity index (χ0v) is 13.6. The normalized spacial score (nSPS) is 21.6. The van der Waals surface area contributed by atoms with E-state index in [2.05, 4.69) is 19.9 Å². The van der Waals surface area contributed by atoms with Gasteiger partial charge in [-0.3, -0.25) is 0 Å². The van der Waals surface area contributed by atoms with Gasteiger partial charge < -0.3 is 0 Å². The summed E-state index contributed by atoms with van der Waals surface area (Å²) in [5.41, 5.74) is 1.000. The molecule has 0 radical (unpaired) electrons. The first-order valence-electron chi connectivity index (χ1n) is 8.52. The number of hydrogen-bond donors (Lipinski definition) is 0. The summed E-state index contributed by atoms with van der Waals surface area (Å²) in [6.07, 6.45) is 13.0. The van der Waals surface area contributed by atoms with Gasteiger partial charge in [0.05, 0.1) is 0 Å². The Bertz CT molecular complexity index is 288. The van der Waals surface area contributed by atoms with Crippen LogP contribution in [0.4, 0.5) is 8.78 Å². The molecule has 0 aromatic rings. The molecule has 20 heavy (non-hydrogen) atoms. The lowest BCUT2D eigenvalue weighted by atomic mass is 9.80. The summed E-state index contributed by atoms with van der Waals surface area (Å²) < 4.78 is 26.3. The maximum atomic E-state index is 13.1. The summed E-state index contributed by atoms with van der Waals surface area (Å²) in [6, 6.07) is 0. The summed E-state index contributed by atoms with van der Waals surface area (Å²) >= 11 is 0. The van der Waals surface area contributed by atoms with Gasteiger partial charge in [-0.15, -0.1) is 0 Å². The average Bonchev–Trinajstić information content (AvgIpc) is 2.34. The lowest BCUT2D eigenvalue weighted by Crippen LogP contribution is -2.16. The van der Waals surface area contributed by atoms with E-state index >= 15 is 0 Å². The lowest BCUT2D eigenvalue weighted by Gasteiger charge is -2.26. The molecule has 1 rings (SSSR count). The summed E-state index contributed by atoms with van der Waals surface area (Å²) in [7, 11) is 0. The molecular weight excluding hydrogens is 254 g/mol. The molecule has 0 nitrogen and oxygen atoms in total. The number of unbranched alkanes of at least 4 members (excludes halogenated alkanes) is 1. The number of rotatable bonds is 9. The molecule has 0 N–H and O–H groups in total. The molecule has 0 heterocycles. The minimum Gasteiger partial charge on any atom is -0.207 e. The molecule has 0 spiro atoms. The molecular formula is C18H32F2. The van der Waals surface area contributed by atoms with Crippen LogP contribution in [0.5, 0.6) is 0 Å². The molecule has 0 amide bonds. The average molecular weight is 286 g/mol. The van der Waals surface area contributed by atoms with Gasteiger partial charge in [0.1, 0.15) is 0 Å². The largest absolute Gasteiger partial charge is 0.249 e. The van der Waals surface area contributed by atoms with Crippen LogP contribution in [0, 0.1) is 11.8 Å². The molecule has 0 aromatic carbocycles. The first kappa shape index (κ1) is 17.7. The second-order valence-corrected chi connectivity index (χ2v) is 6.76. The predicted molar refractivity (Wildman–Crippen MR) is 83.2 cm³/mol. The Kier molecular flexibility index (Phi) is 7.76. The molecule has 0 bridgehead atoms. The third kappa shape index (κ3) is 7.40. The van der Waals surface area contributed by atoms with Crippen LogP contribution in [-0.4, -0.2) is 5.92 Å². The predicted octanol–water partition coefficient (Wildman–Crippen LogP) is 6.75. The Morgan fingerprint density at radius 1 is 1.25 bits per heavy atom. The van der Waals surface area contributed by atoms with Crippen molar-refractivity contribution in [3.8, 4) is 0 Å². The molecule has 2 atom stereocenters. The highest BCUT2D eigenvalue weighted by molar-refractivity contribution is 5.10. The van der Waals surface area contributed by atoms with Crippen LogP contribution >= 0.6 is 0 Å². The molecule has 2 heteroatoms. The highest BCUT2D eigenvalue weighted by Crippen LogP contribution is 2.35. The summed E-state index contributed by atoms with van der Waals surface area (Å²) in [5, 5.41) is 0. The van der Waals surface area contributed by atoms with Crippen LogP contribution < -0.4 is 0 Å². The van der Waals surface area contributed by atoms with E-state index in [-0.39, 0.29) is 6.42 Å². The van der Waals surface area contributed by atoms with Gasteiger partial charge in [0.25, 0.3) is 0 Å². The van der Waals surface area contributed by atoms with E-state index in [4.69, 9.17) is 0 Å². The van der Waals surface area contributed by atoms with Gasteiger partial charge in [-0.1, -0.05) is 57.6 Å². The fourth-order valence-electron chi connectivity index (χ4n) is 3.53. The van der Waals surface area contributed by atoms with Crippen LogP contribution in [0.2, 0.25) is 0 Å². The van der Waals surface area contributed by atoms with E-state index in [1.807, 2.05) is 0 Å². The lowest BCUT2D eigenvalue weighted by molar-refractivity contribution is 0.0212. The monoisotopic (exact) mass is 286 g/mol. The minimum atomic E-state index is -2.54. The molecule has 0 aromatic heterocycles. The highest BCUT2D eigenvalue weighted by atomic mass is 19.3. The van der Waals surface area contributed by atoms with Gasteiger partial charge in [0.2, 0.25) is 5.92 Å². The topological polar surface area (TPSA) is 0 Å². The van der Waals surface area contributed by atoms with Gasteiger partial charge in [0, 0.05) is 6.42 Å². The fraction of sp³-hybridized carbons (Fsp3) is 0.889. The van der Waals surface area contributed by atoms with Gasteiger partial charge in [-0.05, 0) is 44.4 Å². The van der Waals surface area contributed by atoms with Crippen molar-refractivity contribution in [2.45, 2.75) is 90.9 Å². The van der Waals surface area contributed by atoms with Crippen LogP contribution in [0.15, 0.2) is 11.6 Å². The Hall–Kier alpha value is -0.400. The van der Waals surface area contributed by atoms with Crippen LogP contribution in [0.25, 0.3) is 0 Å². The fourth-order valence-corrected chi connectivity index (χ4v) is 3.53. The maximum absolute atomic E-state index is 13.1. The molecule has 0 saturated carbocycles. The van der Waals surface area contributed by atoms with Crippen molar-refractivity contribution in [2.75, 3.05) is 0 Å². The smallest absolute Gasteiger partial charge is 0.207 e. The van der Waals surface area contributed by atoms with Gasteiger partial charge in [-0.25, -0.2) is 8.78 Å². The Morgan fingerprint density at radius 2 is 2.00 bits per heavy atom. The quantitative estimate of drug-likeness (QED) is 0.411. The van der Waals surface area contributed by atoms with Crippen LogP contribution in [0.1, 0.15) is 85.0 Å². The SMILES string of the molecule is CCCCC(CCC)C[C@H]1C=C(CC(C)(F)F)CCC1. The van der Waals surface area contributed by atoms with E-state index in [0.717, 1.165) is 31.3 Å². The van der Waals surface area contributed by atoms with Crippen molar-refractivity contribution in [2.24, 2.45) is 11.8 Å². The molecule has 0 aliphatic heterocycles. The molecule has 0 saturated heterocycles. The third-order valence-corrected chi connectivity index (χ3v) is 4.38. The number of hydrogen-bond acceptors (Lipinski definition) is 0. The minimum absolute atomic E-state index is 0.0308. The van der Waals surface area contributed by atoms with Crippen molar-refractivity contribution in [3.05, 3.63) is 11.6 Å². The Labute approximate surface area is 124 Å². The first-order valence-corrected chi connectivity index (χ1v) is 8.52. The molecule has 1 aliphatic rings. The Balaban J connectivity index is 2.53. The molecule has 1 aliphatic carbocycles. The van der Waals surface area contributed by atoms with Crippen LogP contribution in [0.3, 0.4) is 0 Å². The van der Waals surface area contributed by atoms with E-state index in [9.17, 15) is 8.78 Å². The summed E-state index contributed by atoms with van der Waals surface area (Å²) in [4.78, 5) is 0. The first-order chi connectivity index (χ1) is 9.44. The van der Waals surface area contributed by atoms with Crippen LogP contribution in [-0.2, 0) is 0 Å². The summed E-state index contributed by atoms with van der Waals surface area (Å²) in [6.45, 7) is 5.53. The van der Waals surface area contributed by atoms with Crippen molar-refractivity contribution in [3.63, 3.8) is 0 Å². The standard InChI is InChI=1S/C18H32F2/c1-4-6-9-15(8-5-2)12-16-10-7-11-17(13-16)14-18(3,19)20/h13,15-16H,4-12,14H2,1-3H3/t15?,16-/m0/s1. The second-order valence-electron chi connectivity index (χ2n) is 6.76. The van der Waals surface area contributed by atoms with E-state index < -0.39 is 5.92 Å². The summed E-state index contributed by atoms with van der Waals surface area (Å²) in [5.74, 6) is -1.20. The van der Waals surface area contributed by atoms with E-state index in [1.165, 1.54) is 44.9 Å². The number of alkyl halides is 2. The van der Waals surface area contributed by atoms with Crippen molar-refractivity contribution < 1.29 is 8.78 Å². The van der Waals surface area contributed by atoms with Crippen molar-refractivity contribution >= 4 is 0 Å². The van der Waals surface area contributed by atoms with Gasteiger partial charge in [-0.2, -0.15) is 0 Å². The molecule has 118 valence electrons. The third-order valence-electron chi connectivity index (χ3n) is 4.38. The maximum Gasteiger partial charge on any atom is 0.249 e. The van der Waals surface area contributed by atoms with E-state index in [0.29, 0.717) is 5.92 Å². The zero-order chi connectivity index (χ0) is 15.0. The molecule has 0 fully saturated rings. The van der Waals surface area contributed by atoms with E-state index in [1.54, 1.807) is 0 Å². The highest BCUT2D eigenvalue weighted by Gasteiger charge is 2.25. The van der Waals surface area contributed by atoms with Crippen molar-refractivity contribution in [1.82, 2.24) is 0 Å². The van der Waals surface area contributed by atoms with Crippen molar-refractivity contribution in [1.29, 1.82) is 0 Å².